The minimum atomic E-state index is -0.792. The van der Waals surface area contributed by atoms with Crippen LogP contribution in [0.15, 0.2) is 18.2 Å². The molecule has 3 heteroatoms. The molecule has 0 aliphatic carbocycles. The van der Waals surface area contributed by atoms with Crippen LogP contribution < -0.4 is 0 Å². The zero-order chi connectivity index (χ0) is 8.97. The molecule has 0 atom stereocenters. The molecule has 0 aromatic carbocycles. The van der Waals surface area contributed by atoms with E-state index in [1.54, 1.807) is 17.4 Å². The fourth-order valence-corrected chi connectivity index (χ4v) is 1.63. The average molecular weight is 182 g/mol. The number of rotatable bonds is 3. The molecule has 0 fully saturated rings. The van der Waals surface area contributed by atoms with Crippen molar-refractivity contribution < 1.29 is 9.90 Å². The molecule has 1 aromatic heterocycles. The number of carbonyl (C=O) groups is 1. The standard InChI is InChI=1S/C9H10O2S/c1-7-5-6-8(12-7)3-2-4-9(10)11/h2-3,5-6H,4H2,1H3,(H,10,11)/b3-2-. The third-order valence-electron chi connectivity index (χ3n) is 1.34. The van der Waals surface area contributed by atoms with Gasteiger partial charge in [0.25, 0.3) is 0 Å². The van der Waals surface area contributed by atoms with Crippen LogP contribution in [-0.4, -0.2) is 11.1 Å². The number of thiophene rings is 1. The van der Waals surface area contributed by atoms with Crippen molar-refractivity contribution in [2.45, 2.75) is 13.3 Å². The Kier molecular flexibility index (Phi) is 3.05. The van der Waals surface area contributed by atoms with E-state index in [-0.39, 0.29) is 6.42 Å². The van der Waals surface area contributed by atoms with Crippen molar-refractivity contribution in [3.8, 4) is 0 Å². The van der Waals surface area contributed by atoms with E-state index in [4.69, 9.17) is 5.11 Å². The molecule has 0 bridgehead atoms. The summed E-state index contributed by atoms with van der Waals surface area (Å²) in [5.74, 6) is -0.792. The molecular formula is C9H10O2S. The fraction of sp³-hybridized carbons (Fsp3) is 0.222. The van der Waals surface area contributed by atoms with E-state index in [1.807, 2.05) is 25.1 Å². The molecule has 0 radical (unpaired) electrons. The average Bonchev–Trinajstić information content (AvgIpc) is 2.35. The first kappa shape index (κ1) is 9.00. The Morgan fingerprint density at radius 2 is 2.42 bits per heavy atom. The Hall–Kier alpha value is -1.09. The van der Waals surface area contributed by atoms with Crippen LogP contribution in [0.4, 0.5) is 0 Å². The predicted octanol–water partition coefficient (Wildman–Crippen LogP) is 2.54. The lowest BCUT2D eigenvalue weighted by Gasteiger charge is -1.83. The van der Waals surface area contributed by atoms with Crippen molar-refractivity contribution in [1.29, 1.82) is 0 Å². The Balaban J connectivity index is 2.52. The fourth-order valence-electron chi connectivity index (χ4n) is 0.819. The quantitative estimate of drug-likeness (QED) is 0.780. The second kappa shape index (κ2) is 4.07. The Morgan fingerprint density at radius 1 is 1.67 bits per heavy atom. The summed E-state index contributed by atoms with van der Waals surface area (Å²) in [5, 5.41) is 8.35. The second-order valence-electron chi connectivity index (χ2n) is 2.45. The van der Waals surface area contributed by atoms with E-state index in [1.165, 1.54) is 4.88 Å². The SMILES string of the molecule is Cc1ccc(/C=C\CC(=O)O)s1. The number of carboxylic acids is 1. The van der Waals surface area contributed by atoms with Gasteiger partial charge in [0.1, 0.15) is 0 Å². The van der Waals surface area contributed by atoms with Gasteiger partial charge in [0.05, 0.1) is 6.42 Å². The molecule has 0 spiro atoms. The van der Waals surface area contributed by atoms with Gasteiger partial charge in [-0.2, -0.15) is 0 Å². The maximum atomic E-state index is 10.1. The maximum Gasteiger partial charge on any atom is 0.307 e. The van der Waals surface area contributed by atoms with Gasteiger partial charge in [0.15, 0.2) is 0 Å². The zero-order valence-corrected chi connectivity index (χ0v) is 7.60. The molecule has 0 saturated carbocycles. The zero-order valence-electron chi connectivity index (χ0n) is 6.78. The Bertz CT molecular complexity index is 299. The summed E-state index contributed by atoms with van der Waals surface area (Å²) in [5.41, 5.74) is 0. The van der Waals surface area contributed by atoms with E-state index in [9.17, 15) is 4.79 Å². The molecule has 0 aliphatic heterocycles. The van der Waals surface area contributed by atoms with E-state index < -0.39 is 5.97 Å². The van der Waals surface area contributed by atoms with Gasteiger partial charge in [-0.1, -0.05) is 6.08 Å². The van der Waals surface area contributed by atoms with Crippen molar-refractivity contribution in [3.63, 3.8) is 0 Å². The summed E-state index contributed by atoms with van der Waals surface area (Å²) in [4.78, 5) is 12.5. The molecular weight excluding hydrogens is 172 g/mol. The first-order valence-corrected chi connectivity index (χ1v) is 4.45. The molecule has 2 nitrogen and oxygen atoms in total. The second-order valence-corrected chi connectivity index (χ2v) is 3.77. The molecule has 64 valence electrons. The third kappa shape index (κ3) is 2.88. The highest BCUT2D eigenvalue weighted by Crippen LogP contribution is 2.16. The Morgan fingerprint density at radius 3 is 2.92 bits per heavy atom. The first-order valence-electron chi connectivity index (χ1n) is 3.63. The van der Waals surface area contributed by atoms with Crippen LogP contribution >= 0.6 is 11.3 Å². The molecule has 1 N–H and O–H groups in total. The van der Waals surface area contributed by atoms with Crippen molar-refractivity contribution in [1.82, 2.24) is 0 Å². The van der Waals surface area contributed by atoms with Crippen molar-refractivity contribution >= 4 is 23.4 Å². The number of hydrogen-bond acceptors (Lipinski definition) is 2. The summed E-state index contributed by atoms with van der Waals surface area (Å²) >= 11 is 1.66. The highest BCUT2D eigenvalue weighted by molar-refractivity contribution is 7.12. The van der Waals surface area contributed by atoms with Crippen LogP contribution in [0.3, 0.4) is 0 Å². The summed E-state index contributed by atoms with van der Waals surface area (Å²) in [6, 6.07) is 4.00. The van der Waals surface area contributed by atoms with Crippen LogP contribution in [-0.2, 0) is 4.79 Å². The molecule has 12 heavy (non-hydrogen) atoms. The van der Waals surface area contributed by atoms with Gasteiger partial charge in [-0.15, -0.1) is 11.3 Å². The number of aryl methyl sites for hydroxylation is 1. The monoisotopic (exact) mass is 182 g/mol. The largest absolute Gasteiger partial charge is 0.481 e. The van der Waals surface area contributed by atoms with Crippen LogP contribution in [0.1, 0.15) is 16.2 Å². The van der Waals surface area contributed by atoms with Gasteiger partial charge < -0.3 is 5.11 Å². The minimum absolute atomic E-state index is 0.0942. The minimum Gasteiger partial charge on any atom is -0.481 e. The molecule has 1 aromatic rings. The smallest absolute Gasteiger partial charge is 0.307 e. The molecule has 0 saturated heterocycles. The lowest BCUT2D eigenvalue weighted by Crippen LogP contribution is -1.89. The van der Waals surface area contributed by atoms with Crippen LogP contribution in [0, 0.1) is 6.92 Å². The van der Waals surface area contributed by atoms with Crippen molar-refractivity contribution in [3.05, 3.63) is 28.0 Å². The van der Waals surface area contributed by atoms with Crippen molar-refractivity contribution in [2.75, 3.05) is 0 Å². The normalized spacial score (nSPS) is 10.8. The summed E-state index contributed by atoms with van der Waals surface area (Å²) < 4.78 is 0. The summed E-state index contributed by atoms with van der Waals surface area (Å²) in [7, 11) is 0. The van der Waals surface area contributed by atoms with Crippen LogP contribution in [0.5, 0.6) is 0 Å². The molecule has 0 amide bonds. The Labute approximate surface area is 75.2 Å². The summed E-state index contributed by atoms with van der Waals surface area (Å²) in [6.45, 7) is 2.03. The van der Waals surface area contributed by atoms with E-state index >= 15 is 0 Å². The van der Waals surface area contributed by atoms with E-state index in [0.717, 1.165) is 4.88 Å². The van der Waals surface area contributed by atoms with Gasteiger partial charge >= 0.3 is 5.97 Å². The maximum absolute atomic E-state index is 10.1. The highest BCUT2D eigenvalue weighted by atomic mass is 32.1. The molecule has 1 rings (SSSR count). The molecule has 1 heterocycles. The van der Waals surface area contributed by atoms with Gasteiger partial charge in [0.2, 0.25) is 0 Å². The number of carboxylic acid groups (broad SMARTS) is 1. The number of hydrogen-bond donors (Lipinski definition) is 1. The topological polar surface area (TPSA) is 37.3 Å². The highest BCUT2D eigenvalue weighted by Gasteiger charge is 1.92. The van der Waals surface area contributed by atoms with Crippen molar-refractivity contribution in [2.24, 2.45) is 0 Å². The summed E-state index contributed by atoms with van der Waals surface area (Å²) in [6.07, 6.45) is 3.59. The van der Waals surface area contributed by atoms with Crippen LogP contribution in [0.25, 0.3) is 6.08 Å². The lowest BCUT2D eigenvalue weighted by molar-refractivity contribution is -0.135. The number of aliphatic carboxylic acids is 1. The lowest BCUT2D eigenvalue weighted by atomic mass is 10.3. The van der Waals surface area contributed by atoms with Gasteiger partial charge in [-0.3, -0.25) is 4.79 Å². The first-order chi connectivity index (χ1) is 5.68. The van der Waals surface area contributed by atoms with Gasteiger partial charge in [-0.05, 0) is 25.1 Å². The third-order valence-corrected chi connectivity index (χ3v) is 2.30. The van der Waals surface area contributed by atoms with Crippen LogP contribution in [0.2, 0.25) is 0 Å². The molecule has 0 unspecified atom stereocenters. The van der Waals surface area contributed by atoms with Gasteiger partial charge in [-0.25, -0.2) is 0 Å². The van der Waals surface area contributed by atoms with E-state index in [2.05, 4.69) is 0 Å². The predicted molar refractivity (Wildman–Crippen MR) is 50.3 cm³/mol. The van der Waals surface area contributed by atoms with E-state index in [0.29, 0.717) is 0 Å². The molecule has 0 aliphatic rings. The van der Waals surface area contributed by atoms with Gasteiger partial charge in [0, 0.05) is 9.75 Å².